The Balaban J connectivity index is 1.15. The maximum absolute atomic E-state index is 13.9. The summed E-state index contributed by atoms with van der Waals surface area (Å²) in [6.07, 6.45) is 1.76. The fraction of sp³-hybridized carbons (Fsp3) is 0.435. The van der Waals surface area contributed by atoms with Crippen LogP contribution in [0.15, 0.2) is 48.7 Å². The summed E-state index contributed by atoms with van der Waals surface area (Å²) >= 11 is 0. The average molecular weight is 442 g/mol. The summed E-state index contributed by atoms with van der Waals surface area (Å²) in [5.74, 6) is 0.403. The van der Waals surface area contributed by atoms with Gasteiger partial charge < -0.3 is 24.3 Å². The summed E-state index contributed by atoms with van der Waals surface area (Å²) < 4.78 is 19.4. The van der Waals surface area contributed by atoms with Gasteiger partial charge in [-0.2, -0.15) is 0 Å². The van der Waals surface area contributed by atoms with Gasteiger partial charge in [0.1, 0.15) is 24.8 Å². The van der Waals surface area contributed by atoms with Gasteiger partial charge in [0.2, 0.25) is 11.8 Å². The second kappa shape index (κ2) is 10.4. The van der Waals surface area contributed by atoms with E-state index in [-0.39, 0.29) is 30.8 Å². The van der Waals surface area contributed by atoms with E-state index in [2.05, 4.69) is 9.88 Å². The summed E-state index contributed by atoms with van der Waals surface area (Å²) in [5, 5.41) is 0. The van der Waals surface area contributed by atoms with Crippen LogP contribution in [0.5, 0.6) is 0 Å². The highest BCUT2D eigenvalue weighted by Gasteiger charge is 2.24. The zero-order chi connectivity index (χ0) is 22.3. The monoisotopic (exact) mass is 441 g/mol. The first kappa shape index (κ1) is 22.0. The van der Waals surface area contributed by atoms with Gasteiger partial charge in [-0.05, 0) is 24.3 Å². The molecule has 1 aromatic heterocycles. The molecular formula is C23H28FN5O3. The molecule has 9 heteroatoms. The van der Waals surface area contributed by atoms with E-state index in [1.165, 1.54) is 6.07 Å². The van der Waals surface area contributed by atoms with Crippen LogP contribution in [0.1, 0.15) is 0 Å². The quantitative estimate of drug-likeness (QED) is 0.672. The number of carbonyl (C=O) groups excluding carboxylic acids is 2. The number of aromatic nitrogens is 1. The fourth-order valence-electron chi connectivity index (χ4n) is 4.04. The molecule has 0 saturated carbocycles. The molecule has 0 unspecified atom stereocenters. The van der Waals surface area contributed by atoms with Crippen LogP contribution in [-0.4, -0.2) is 92.2 Å². The minimum Gasteiger partial charge on any atom is -0.366 e. The molecule has 0 aliphatic carbocycles. The van der Waals surface area contributed by atoms with E-state index in [4.69, 9.17) is 4.74 Å². The molecule has 0 spiro atoms. The van der Waals surface area contributed by atoms with E-state index >= 15 is 0 Å². The van der Waals surface area contributed by atoms with Crippen molar-refractivity contribution in [1.29, 1.82) is 0 Å². The van der Waals surface area contributed by atoms with Gasteiger partial charge in [0, 0.05) is 58.6 Å². The lowest BCUT2D eigenvalue weighted by molar-refractivity contribution is -0.142. The second-order valence-electron chi connectivity index (χ2n) is 7.87. The van der Waals surface area contributed by atoms with Gasteiger partial charge in [-0.25, -0.2) is 9.37 Å². The van der Waals surface area contributed by atoms with Crippen molar-refractivity contribution in [1.82, 2.24) is 14.8 Å². The van der Waals surface area contributed by atoms with Gasteiger partial charge in [0.25, 0.3) is 0 Å². The van der Waals surface area contributed by atoms with Crippen molar-refractivity contribution in [2.45, 2.75) is 0 Å². The predicted octanol–water partition coefficient (Wildman–Crippen LogP) is 1.23. The zero-order valence-corrected chi connectivity index (χ0v) is 18.0. The Kier molecular flexibility index (Phi) is 7.16. The van der Waals surface area contributed by atoms with Crippen LogP contribution in [0.4, 0.5) is 15.9 Å². The molecule has 1 aromatic carbocycles. The molecule has 2 aromatic rings. The van der Waals surface area contributed by atoms with E-state index in [0.717, 1.165) is 5.82 Å². The van der Waals surface area contributed by atoms with Crippen LogP contribution in [0.25, 0.3) is 0 Å². The SMILES string of the molecule is O=C(COCC(=O)N1CCN(c2ccccc2F)CC1)N1CCN(c2ccccn2)CC1. The van der Waals surface area contributed by atoms with Crippen LogP contribution in [-0.2, 0) is 14.3 Å². The number of halogens is 1. The van der Waals surface area contributed by atoms with Gasteiger partial charge in [-0.1, -0.05) is 18.2 Å². The standard InChI is InChI=1S/C23H28FN5O3/c24-19-5-1-2-6-20(19)26-9-13-28(14-10-26)22(30)17-32-18-23(31)29-15-11-27(12-16-29)21-7-3-4-8-25-21/h1-8H,9-18H2. The maximum Gasteiger partial charge on any atom is 0.248 e. The lowest BCUT2D eigenvalue weighted by Gasteiger charge is -2.36. The topological polar surface area (TPSA) is 69.2 Å². The predicted molar refractivity (Wildman–Crippen MR) is 119 cm³/mol. The van der Waals surface area contributed by atoms with Gasteiger partial charge in [-0.3, -0.25) is 9.59 Å². The molecule has 2 fully saturated rings. The molecular weight excluding hydrogens is 413 g/mol. The third-order valence-corrected chi connectivity index (χ3v) is 5.88. The number of rotatable bonds is 6. The van der Waals surface area contributed by atoms with Gasteiger partial charge >= 0.3 is 0 Å². The van der Waals surface area contributed by atoms with Crippen molar-refractivity contribution >= 4 is 23.3 Å². The molecule has 2 saturated heterocycles. The normalized spacial score (nSPS) is 16.9. The van der Waals surface area contributed by atoms with Crippen LogP contribution in [0, 0.1) is 5.82 Å². The largest absolute Gasteiger partial charge is 0.366 e. The molecule has 170 valence electrons. The van der Waals surface area contributed by atoms with Crippen molar-refractivity contribution in [2.75, 3.05) is 75.4 Å². The molecule has 0 atom stereocenters. The highest BCUT2D eigenvalue weighted by atomic mass is 19.1. The van der Waals surface area contributed by atoms with Crippen molar-refractivity contribution < 1.29 is 18.7 Å². The summed E-state index contributed by atoms with van der Waals surface area (Å²) in [7, 11) is 0. The molecule has 0 bridgehead atoms. The minimum absolute atomic E-state index is 0.107. The van der Waals surface area contributed by atoms with Crippen LogP contribution >= 0.6 is 0 Å². The molecule has 2 amide bonds. The Morgan fingerprint density at radius 2 is 1.34 bits per heavy atom. The summed E-state index contributed by atoms with van der Waals surface area (Å²) in [4.78, 5) is 36.8. The Morgan fingerprint density at radius 3 is 1.91 bits per heavy atom. The van der Waals surface area contributed by atoms with Crippen LogP contribution in [0.2, 0.25) is 0 Å². The van der Waals surface area contributed by atoms with Crippen molar-refractivity contribution in [3.63, 3.8) is 0 Å². The number of para-hydroxylation sites is 1. The van der Waals surface area contributed by atoms with Gasteiger partial charge in [0.05, 0.1) is 5.69 Å². The molecule has 8 nitrogen and oxygen atoms in total. The highest BCUT2D eigenvalue weighted by Crippen LogP contribution is 2.20. The Morgan fingerprint density at radius 1 is 0.781 bits per heavy atom. The lowest BCUT2D eigenvalue weighted by Crippen LogP contribution is -2.51. The third-order valence-electron chi connectivity index (χ3n) is 5.88. The van der Waals surface area contributed by atoms with E-state index in [1.54, 1.807) is 34.2 Å². The van der Waals surface area contributed by atoms with Crippen molar-refractivity contribution in [3.8, 4) is 0 Å². The van der Waals surface area contributed by atoms with E-state index in [9.17, 15) is 14.0 Å². The van der Waals surface area contributed by atoms with Gasteiger partial charge in [0.15, 0.2) is 0 Å². The number of amides is 2. The first-order valence-corrected chi connectivity index (χ1v) is 10.9. The maximum atomic E-state index is 13.9. The van der Waals surface area contributed by atoms with E-state index in [1.807, 2.05) is 23.1 Å². The van der Waals surface area contributed by atoms with Crippen molar-refractivity contribution in [3.05, 3.63) is 54.5 Å². The first-order chi connectivity index (χ1) is 15.6. The number of pyridine rings is 1. The number of ether oxygens (including phenoxy) is 1. The van der Waals surface area contributed by atoms with Crippen LogP contribution < -0.4 is 9.80 Å². The first-order valence-electron chi connectivity index (χ1n) is 10.9. The number of piperazine rings is 2. The summed E-state index contributed by atoms with van der Waals surface area (Å²) in [6, 6.07) is 12.4. The molecule has 32 heavy (non-hydrogen) atoms. The Labute approximate surface area is 187 Å². The number of benzene rings is 1. The van der Waals surface area contributed by atoms with E-state index < -0.39 is 0 Å². The van der Waals surface area contributed by atoms with Crippen molar-refractivity contribution in [2.24, 2.45) is 0 Å². The number of nitrogens with zero attached hydrogens (tertiary/aromatic N) is 5. The lowest BCUT2D eigenvalue weighted by atomic mass is 10.2. The zero-order valence-electron chi connectivity index (χ0n) is 18.0. The number of anilines is 2. The molecule has 4 rings (SSSR count). The van der Waals surface area contributed by atoms with Crippen LogP contribution in [0.3, 0.4) is 0 Å². The smallest absolute Gasteiger partial charge is 0.248 e. The van der Waals surface area contributed by atoms with E-state index in [0.29, 0.717) is 58.0 Å². The molecule has 2 aliphatic rings. The number of hydrogen-bond donors (Lipinski definition) is 0. The molecule has 3 heterocycles. The molecule has 0 radical (unpaired) electrons. The summed E-state index contributed by atoms with van der Waals surface area (Å²) in [6.45, 7) is 4.53. The Hall–Kier alpha value is -3.20. The van der Waals surface area contributed by atoms with Gasteiger partial charge in [-0.15, -0.1) is 0 Å². The molecule has 2 aliphatic heterocycles. The summed E-state index contributed by atoms with van der Waals surface area (Å²) in [5.41, 5.74) is 0.560. The highest BCUT2D eigenvalue weighted by molar-refractivity contribution is 5.80. The number of hydrogen-bond acceptors (Lipinski definition) is 6. The molecule has 0 N–H and O–H groups in total. The average Bonchev–Trinajstić information content (AvgIpc) is 2.85. The number of carbonyl (C=O) groups is 2. The third kappa shape index (κ3) is 5.34. The fourth-order valence-corrected chi connectivity index (χ4v) is 4.04. The Bertz CT molecular complexity index is 913. The minimum atomic E-state index is -0.255. The second-order valence-corrected chi connectivity index (χ2v) is 7.87.